The van der Waals surface area contributed by atoms with Gasteiger partial charge in [0, 0.05) is 19.0 Å². The zero-order chi connectivity index (χ0) is 17.0. The maximum absolute atomic E-state index is 12.4. The fraction of sp³-hybridized carbons (Fsp3) is 0.611. The van der Waals surface area contributed by atoms with Gasteiger partial charge in [-0.25, -0.2) is 4.79 Å². The molecule has 1 aromatic carbocycles. The molecule has 3 atom stereocenters. The number of benzene rings is 1. The third kappa shape index (κ3) is 4.94. The SMILES string of the molecule is CC(C)CC(CN(C)C)NC(=O)NC1c2ccccc2CC1O. The number of aliphatic hydroxyl groups excluding tert-OH is 1. The van der Waals surface area contributed by atoms with Crippen LogP contribution < -0.4 is 10.6 Å². The van der Waals surface area contributed by atoms with Crippen LogP contribution in [-0.2, 0) is 6.42 Å². The molecule has 0 saturated carbocycles. The van der Waals surface area contributed by atoms with Gasteiger partial charge in [-0.1, -0.05) is 38.1 Å². The van der Waals surface area contributed by atoms with E-state index in [4.69, 9.17) is 0 Å². The van der Waals surface area contributed by atoms with E-state index in [0.29, 0.717) is 12.3 Å². The van der Waals surface area contributed by atoms with Crippen molar-refractivity contribution in [2.75, 3.05) is 20.6 Å². The predicted octanol–water partition coefficient (Wildman–Crippen LogP) is 1.92. The molecule has 0 aliphatic heterocycles. The Kier molecular flexibility index (Phi) is 6.02. The van der Waals surface area contributed by atoms with Gasteiger partial charge in [-0.15, -0.1) is 0 Å². The van der Waals surface area contributed by atoms with Crippen LogP contribution in [0.4, 0.5) is 4.79 Å². The molecule has 1 aliphatic rings. The summed E-state index contributed by atoms with van der Waals surface area (Å²) in [5.74, 6) is 0.512. The standard InChI is InChI=1S/C18H29N3O2/c1-12(2)9-14(11-21(3)4)19-18(23)20-17-15-8-6-5-7-13(15)10-16(17)22/h5-8,12,14,16-17,22H,9-11H2,1-4H3,(H2,19,20,23). The average molecular weight is 319 g/mol. The van der Waals surface area contributed by atoms with Gasteiger partial charge in [0.15, 0.2) is 0 Å². The monoisotopic (exact) mass is 319 g/mol. The Balaban J connectivity index is 1.98. The highest BCUT2D eigenvalue weighted by atomic mass is 16.3. The lowest BCUT2D eigenvalue weighted by Gasteiger charge is -2.26. The lowest BCUT2D eigenvalue weighted by Crippen LogP contribution is -2.48. The molecule has 3 unspecified atom stereocenters. The number of aliphatic hydroxyl groups is 1. The first-order valence-corrected chi connectivity index (χ1v) is 8.34. The minimum absolute atomic E-state index is 0.0961. The number of rotatable bonds is 6. The third-order valence-corrected chi connectivity index (χ3v) is 4.17. The quantitative estimate of drug-likeness (QED) is 0.750. The highest BCUT2D eigenvalue weighted by molar-refractivity contribution is 5.75. The summed E-state index contributed by atoms with van der Waals surface area (Å²) in [6.07, 6.45) is 0.958. The minimum Gasteiger partial charge on any atom is -0.390 e. The van der Waals surface area contributed by atoms with E-state index in [9.17, 15) is 9.90 Å². The Morgan fingerprint density at radius 1 is 1.35 bits per heavy atom. The number of amides is 2. The van der Waals surface area contributed by atoms with Gasteiger partial charge in [0.05, 0.1) is 12.1 Å². The molecule has 5 heteroatoms. The largest absolute Gasteiger partial charge is 0.390 e. The van der Waals surface area contributed by atoms with Crippen molar-refractivity contribution >= 4 is 6.03 Å². The Labute approximate surface area is 139 Å². The molecule has 128 valence electrons. The van der Waals surface area contributed by atoms with Crippen molar-refractivity contribution in [2.45, 2.75) is 44.9 Å². The number of nitrogens with zero attached hydrogens (tertiary/aromatic N) is 1. The van der Waals surface area contributed by atoms with Crippen LogP contribution in [0.15, 0.2) is 24.3 Å². The van der Waals surface area contributed by atoms with Gasteiger partial charge in [-0.3, -0.25) is 0 Å². The van der Waals surface area contributed by atoms with E-state index in [1.54, 1.807) is 0 Å². The van der Waals surface area contributed by atoms with Gasteiger partial charge >= 0.3 is 6.03 Å². The smallest absolute Gasteiger partial charge is 0.315 e. The lowest BCUT2D eigenvalue weighted by atomic mass is 10.0. The molecular weight excluding hydrogens is 290 g/mol. The molecular formula is C18H29N3O2. The maximum Gasteiger partial charge on any atom is 0.315 e. The molecule has 1 aromatic rings. The van der Waals surface area contributed by atoms with Crippen LogP contribution in [-0.4, -0.2) is 48.8 Å². The van der Waals surface area contributed by atoms with Crippen molar-refractivity contribution in [1.29, 1.82) is 0 Å². The molecule has 0 radical (unpaired) electrons. The Morgan fingerprint density at radius 3 is 2.70 bits per heavy atom. The zero-order valence-corrected chi connectivity index (χ0v) is 14.5. The summed E-state index contributed by atoms with van der Waals surface area (Å²) < 4.78 is 0. The summed E-state index contributed by atoms with van der Waals surface area (Å²) in [6, 6.07) is 7.44. The van der Waals surface area contributed by atoms with E-state index in [0.717, 1.165) is 24.1 Å². The van der Waals surface area contributed by atoms with E-state index in [1.807, 2.05) is 38.4 Å². The number of hydrogen-bond acceptors (Lipinski definition) is 3. The van der Waals surface area contributed by atoms with E-state index in [-0.39, 0.29) is 18.1 Å². The van der Waals surface area contributed by atoms with Crippen molar-refractivity contribution in [3.8, 4) is 0 Å². The van der Waals surface area contributed by atoms with E-state index < -0.39 is 6.10 Å². The van der Waals surface area contributed by atoms with Crippen molar-refractivity contribution in [3.63, 3.8) is 0 Å². The number of hydrogen-bond donors (Lipinski definition) is 3. The molecule has 0 aromatic heterocycles. The fourth-order valence-electron chi connectivity index (χ4n) is 3.31. The number of fused-ring (bicyclic) bond motifs is 1. The van der Waals surface area contributed by atoms with Gasteiger partial charge in [-0.05, 0) is 37.6 Å². The van der Waals surface area contributed by atoms with E-state index in [1.165, 1.54) is 0 Å². The van der Waals surface area contributed by atoms with Crippen LogP contribution in [0, 0.1) is 5.92 Å². The third-order valence-electron chi connectivity index (χ3n) is 4.17. The first-order valence-electron chi connectivity index (χ1n) is 8.34. The van der Waals surface area contributed by atoms with E-state index in [2.05, 4.69) is 29.4 Å². The minimum atomic E-state index is -0.560. The Morgan fingerprint density at radius 2 is 2.04 bits per heavy atom. The van der Waals surface area contributed by atoms with Crippen LogP contribution in [0.2, 0.25) is 0 Å². The number of urea groups is 1. The highest BCUT2D eigenvalue weighted by Gasteiger charge is 2.32. The van der Waals surface area contributed by atoms with Crippen molar-refractivity contribution in [3.05, 3.63) is 35.4 Å². The molecule has 3 N–H and O–H groups in total. The second-order valence-electron chi connectivity index (χ2n) is 7.15. The zero-order valence-electron chi connectivity index (χ0n) is 14.5. The molecule has 1 aliphatic carbocycles. The van der Waals surface area contributed by atoms with Crippen molar-refractivity contribution in [1.82, 2.24) is 15.5 Å². The molecule has 0 saturated heterocycles. The first kappa shape index (κ1) is 17.8. The normalized spacial score (nSPS) is 21.3. The molecule has 23 heavy (non-hydrogen) atoms. The second-order valence-corrected chi connectivity index (χ2v) is 7.15. The van der Waals surface area contributed by atoms with Crippen LogP contribution >= 0.6 is 0 Å². The molecule has 0 fully saturated rings. The Hall–Kier alpha value is -1.59. The van der Waals surface area contributed by atoms with Crippen molar-refractivity contribution < 1.29 is 9.90 Å². The first-order chi connectivity index (χ1) is 10.9. The van der Waals surface area contributed by atoms with Gasteiger partial charge in [0.2, 0.25) is 0 Å². The second kappa shape index (κ2) is 7.79. The van der Waals surface area contributed by atoms with Gasteiger partial charge in [-0.2, -0.15) is 0 Å². The fourth-order valence-corrected chi connectivity index (χ4v) is 3.31. The van der Waals surface area contributed by atoms with Crippen LogP contribution in [0.5, 0.6) is 0 Å². The summed E-state index contributed by atoms with van der Waals surface area (Å²) in [6.45, 7) is 5.10. The van der Waals surface area contributed by atoms with Crippen molar-refractivity contribution in [2.24, 2.45) is 5.92 Å². The number of carbonyl (C=O) groups excluding carboxylic acids is 1. The van der Waals surface area contributed by atoms with Gasteiger partial charge in [0.1, 0.15) is 0 Å². The van der Waals surface area contributed by atoms with Crippen LogP contribution in [0.25, 0.3) is 0 Å². The predicted molar refractivity (Wildman–Crippen MR) is 92.4 cm³/mol. The van der Waals surface area contributed by atoms with Crippen LogP contribution in [0.3, 0.4) is 0 Å². The topological polar surface area (TPSA) is 64.6 Å². The number of carbonyl (C=O) groups is 1. The summed E-state index contributed by atoms with van der Waals surface area (Å²) >= 11 is 0. The molecule has 0 heterocycles. The number of nitrogens with one attached hydrogen (secondary N) is 2. The molecule has 5 nitrogen and oxygen atoms in total. The maximum atomic E-state index is 12.4. The average Bonchev–Trinajstić information content (AvgIpc) is 2.73. The summed E-state index contributed by atoms with van der Waals surface area (Å²) in [4.78, 5) is 14.5. The molecule has 2 rings (SSSR count). The lowest BCUT2D eigenvalue weighted by molar-refractivity contribution is 0.141. The molecule has 2 amide bonds. The number of likely N-dealkylation sites (N-methyl/N-ethyl adjacent to an activating group) is 1. The summed E-state index contributed by atoms with van der Waals surface area (Å²) in [5.41, 5.74) is 2.13. The van der Waals surface area contributed by atoms with Gasteiger partial charge in [0.25, 0.3) is 0 Å². The Bertz CT molecular complexity index is 521. The molecule has 0 bridgehead atoms. The van der Waals surface area contributed by atoms with Crippen LogP contribution in [0.1, 0.15) is 37.4 Å². The summed E-state index contributed by atoms with van der Waals surface area (Å²) in [5, 5.41) is 16.2. The van der Waals surface area contributed by atoms with E-state index >= 15 is 0 Å². The molecule has 0 spiro atoms. The summed E-state index contributed by atoms with van der Waals surface area (Å²) in [7, 11) is 4.01. The highest BCUT2D eigenvalue weighted by Crippen LogP contribution is 2.31. The van der Waals surface area contributed by atoms with Gasteiger partial charge < -0.3 is 20.6 Å².